The van der Waals surface area contributed by atoms with Crippen molar-refractivity contribution in [3.05, 3.63) is 284 Å². The predicted molar refractivity (Wildman–Crippen MR) is 333 cm³/mol. The molecule has 0 amide bonds. The first-order chi connectivity index (χ1) is 46.6. The molecule has 0 atom stereocenters. The fraction of sp³-hybridized carbons (Fsp3) is 0.211. The maximum absolute atomic E-state index is 10.3. The molecular weight excluding hydrogens is 1220 g/mol. The van der Waals surface area contributed by atoms with Crippen LogP contribution in [0.15, 0.2) is 195 Å². The van der Waals surface area contributed by atoms with Crippen LogP contribution >= 0.6 is 0 Å². The molecule has 15 rings (SSSR count). The van der Waals surface area contributed by atoms with Gasteiger partial charge in [0.2, 0.25) is 27.2 Å². The van der Waals surface area contributed by atoms with Gasteiger partial charge < -0.3 is 77.5 Å². The van der Waals surface area contributed by atoms with Crippen LogP contribution in [0.25, 0.3) is 0 Å². The second-order valence-corrected chi connectivity index (χ2v) is 23.7. The zero-order chi connectivity index (χ0) is 66.7. The van der Waals surface area contributed by atoms with Gasteiger partial charge in [-0.25, -0.2) is 18.3 Å². The van der Waals surface area contributed by atoms with Crippen molar-refractivity contribution in [1.29, 1.82) is 0 Å². The van der Waals surface area contributed by atoms with Gasteiger partial charge in [0, 0.05) is 139 Å². The van der Waals surface area contributed by atoms with E-state index in [1.165, 1.54) is 24.3 Å². The van der Waals surface area contributed by atoms with Crippen molar-refractivity contribution in [1.82, 2.24) is 0 Å². The SMILES string of the molecule is CC1c2cc3c4c(C[n+]5ccccc5)c2OCOc2c1cc1c(c2C[n+]2ccccc2)OCOc2c(cc5c(c2C[n+]2ccccc2)OCOc2c(cc(c(c2C[n+]2ccccc2)OCO4)C3C)C5C)C1C.O=C([O-])c1ccccc1C(=O)[O-].O=C([O-])c1ccccc1C(=O)[O-]. The van der Waals surface area contributed by atoms with Crippen molar-refractivity contribution in [2.24, 2.45) is 0 Å². The molecule has 0 saturated heterocycles. The number of carboxylic acid groups (broad SMARTS) is 4. The quantitative estimate of drug-likeness (QED) is 0.133. The molecule has 4 aromatic heterocycles. The van der Waals surface area contributed by atoms with E-state index in [2.05, 4.69) is 120 Å². The average molecular weight is 1290 g/mol. The van der Waals surface area contributed by atoms with E-state index in [-0.39, 0.29) is 73.1 Å². The van der Waals surface area contributed by atoms with Gasteiger partial charge in [0.15, 0.2) is 75.8 Å². The largest absolute Gasteiger partial charge is 0.545 e. The second kappa shape index (κ2) is 27.0. The number of rotatable bonds is 12. The first-order valence-electron chi connectivity index (χ1n) is 31.2. The minimum atomic E-state index is -1.52. The Bertz CT molecular complexity index is 3940. The summed E-state index contributed by atoms with van der Waals surface area (Å²) < 4.78 is 64.2. The Kier molecular flexibility index (Phi) is 17.7. The Hall–Kier alpha value is -11.8. The number of nitrogens with zero attached hydrogens (tertiary/aromatic N) is 4. The van der Waals surface area contributed by atoms with E-state index in [0.717, 1.165) is 137 Å². The van der Waals surface area contributed by atoms with E-state index in [1.807, 2.05) is 72.8 Å². The van der Waals surface area contributed by atoms with E-state index >= 15 is 0 Å². The Morgan fingerprint density at radius 1 is 0.292 bits per heavy atom. The summed E-state index contributed by atoms with van der Waals surface area (Å²) in [5.74, 6) is -0.970. The smallest absolute Gasteiger partial charge is 0.230 e. The molecule has 0 radical (unpaired) electrons. The van der Waals surface area contributed by atoms with Crippen molar-refractivity contribution in [3.63, 3.8) is 0 Å². The van der Waals surface area contributed by atoms with Gasteiger partial charge in [0.05, 0.1) is 23.9 Å². The summed E-state index contributed by atoms with van der Waals surface area (Å²) >= 11 is 0. The number of aromatic nitrogens is 4. The number of aromatic carboxylic acids is 4. The first kappa shape index (κ1) is 63.0. The highest BCUT2D eigenvalue weighted by Crippen LogP contribution is 2.56. The highest BCUT2D eigenvalue weighted by atomic mass is 16.7. The second-order valence-electron chi connectivity index (χ2n) is 23.7. The zero-order valence-electron chi connectivity index (χ0n) is 52.8. The van der Waals surface area contributed by atoms with Crippen molar-refractivity contribution in [3.8, 4) is 46.0 Å². The number of pyridine rings is 4. The predicted octanol–water partition coefficient (Wildman–Crippen LogP) is 5.69. The van der Waals surface area contributed by atoms with Gasteiger partial charge in [0.25, 0.3) is 0 Å². The molecule has 5 aliphatic rings. The molecule has 484 valence electrons. The number of benzene rings is 6. The molecule has 8 bridgehead atoms. The van der Waals surface area contributed by atoms with Crippen LogP contribution in [0.5, 0.6) is 46.0 Å². The normalized spacial score (nSPS) is 16.3. The van der Waals surface area contributed by atoms with Crippen molar-refractivity contribution >= 4 is 23.9 Å². The van der Waals surface area contributed by atoms with Gasteiger partial charge in [-0.1, -0.05) is 100 Å². The fourth-order valence-corrected chi connectivity index (χ4v) is 13.3. The minimum absolute atomic E-state index is 0.0375. The lowest BCUT2D eigenvalue weighted by Crippen LogP contribution is -2.36. The van der Waals surface area contributed by atoms with Gasteiger partial charge in [-0.15, -0.1) is 0 Å². The maximum Gasteiger partial charge on any atom is 0.230 e. The van der Waals surface area contributed by atoms with Crippen LogP contribution in [0.4, 0.5) is 0 Å². The van der Waals surface area contributed by atoms with Crippen LogP contribution in [0.2, 0.25) is 0 Å². The number of hydrogen-bond acceptors (Lipinski definition) is 16. The third-order valence-electron chi connectivity index (χ3n) is 18.1. The fourth-order valence-electron chi connectivity index (χ4n) is 13.3. The highest BCUT2D eigenvalue weighted by molar-refractivity contribution is 6.00. The van der Waals surface area contributed by atoms with Gasteiger partial charge in [-0.05, 0) is 24.3 Å². The molecular formula is C76H64N4O16. The lowest BCUT2D eigenvalue weighted by molar-refractivity contribution is -0.688. The summed E-state index contributed by atoms with van der Waals surface area (Å²) in [5, 5.41) is 41.3. The van der Waals surface area contributed by atoms with E-state index < -0.39 is 23.9 Å². The number of hydrogen-bond donors (Lipinski definition) is 0. The van der Waals surface area contributed by atoms with Crippen molar-refractivity contribution in [2.45, 2.75) is 77.5 Å². The van der Waals surface area contributed by atoms with Gasteiger partial charge in [0.1, 0.15) is 68.2 Å². The molecule has 10 aromatic rings. The standard InChI is InChI=1S/C60H56N4O8.2C8H6O4/c1-37-41-25-43-38(2)45-27-47-40(4)48-28-46-39(3)44-26-42(37)54-50(30-62-19-11-6-12-20-62)56(44)68-35-70-58(46)52(32-64-23-15-8-16-24-64)60(48)72-36-71-59(47)51(31-63-21-13-7-14-22-63)57(45)69-34-67-55(43)49(53(41)65-33-66-54)29-61-17-9-5-10-18-61;2*9-7(10)5-3-1-2-4-6(5)8(11)12/h5-28,37-40H,29-36H2,1-4H3;2*1-4H,(H,9,10)(H,11,12)/q+4;;/p-4. The van der Waals surface area contributed by atoms with Crippen LogP contribution in [-0.2, 0) is 26.2 Å². The van der Waals surface area contributed by atoms with E-state index in [0.29, 0.717) is 26.2 Å². The van der Waals surface area contributed by atoms with Crippen LogP contribution < -0.4 is 76.6 Å². The third kappa shape index (κ3) is 12.3. The summed E-state index contributed by atoms with van der Waals surface area (Å²) in [5.41, 5.74) is 10.6. The molecule has 8 heterocycles. The molecule has 4 aliphatic heterocycles. The van der Waals surface area contributed by atoms with Gasteiger partial charge >= 0.3 is 0 Å². The molecule has 0 saturated carbocycles. The Balaban J connectivity index is 0.000000292. The molecule has 0 N–H and O–H groups in total. The van der Waals surface area contributed by atoms with Crippen LogP contribution in [-0.4, -0.2) is 51.0 Å². The summed E-state index contributed by atoms with van der Waals surface area (Å²) in [6.07, 6.45) is 16.6. The van der Waals surface area contributed by atoms with Gasteiger partial charge in [-0.2, -0.15) is 0 Å². The monoisotopic (exact) mass is 1290 g/mol. The average Bonchev–Trinajstić information content (AvgIpc) is 0.726. The Morgan fingerprint density at radius 3 is 0.615 bits per heavy atom. The molecule has 96 heavy (non-hydrogen) atoms. The lowest BCUT2D eigenvalue weighted by Gasteiger charge is -2.35. The Morgan fingerprint density at radius 2 is 0.458 bits per heavy atom. The minimum Gasteiger partial charge on any atom is -0.545 e. The Labute approximate surface area is 552 Å². The maximum atomic E-state index is 10.3. The summed E-state index contributed by atoms with van der Waals surface area (Å²) in [6, 6.07) is 44.1. The summed E-state index contributed by atoms with van der Waals surface area (Å²) in [6.45, 7) is 10.9. The summed E-state index contributed by atoms with van der Waals surface area (Å²) in [4.78, 5) is 41.3. The molecule has 20 nitrogen and oxygen atoms in total. The van der Waals surface area contributed by atoms with Crippen LogP contribution in [0, 0.1) is 0 Å². The number of ether oxygens (including phenoxy) is 8. The molecule has 0 fully saturated rings. The van der Waals surface area contributed by atoms with Gasteiger partial charge in [-0.3, -0.25) is 0 Å². The third-order valence-corrected chi connectivity index (χ3v) is 18.1. The van der Waals surface area contributed by atoms with Crippen LogP contribution in [0.1, 0.15) is 160 Å². The van der Waals surface area contributed by atoms with E-state index in [9.17, 15) is 39.6 Å². The van der Waals surface area contributed by atoms with E-state index in [4.69, 9.17) is 37.9 Å². The van der Waals surface area contributed by atoms with E-state index in [1.54, 1.807) is 0 Å². The number of carboxylic acids is 4. The highest BCUT2D eigenvalue weighted by Gasteiger charge is 2.41. The molecule has 0 spiro atoms. The van der Waals surface area contributed by atoms with Crippen molar-refractivity contribution < 1.29 is 95.8 Å². The van der Waals surface area contributed by atoms with Crippen LogP contribution in [0.3, 0.4) is 0 Å². The van der Waals surface area contributed by atoms with Crippen molar-refractivity contribution in [2.75, 3.05) is 27.2 Å². The summed E-state index contributed by atoms with van der Waals surface area (Å²) in [7, 11) is 0. The zero-order valence-corrected chi connectivity index (χ0v) is 52.8. The number of carbonyl (C=O) groups is 4. The molecule has 0 unspecified atom stereocenters. The molecule has 1 aliphatic carbocycles. The molecule has 20 heteroatoms. The lowest BCUT2D eigenvalue weighted by atomic mass is 9.78. The first-order valence-corrected chi connectivity index (χ1v) is 31.2. The topological polar surface area (TPSA) is 250 Å². The molecule has 6 aromatic carbocycles. The number of carbonyl (C=O) groups excluding carboxylic acids is 4.